The molecule has 2 aromatic heterocycles. The Bertz CT molecular complexity index is 2160. The van der Waals surface area contributed by atoms with E-state index in [2.05, 4.69) is 64.7 Å². The summed E-state index contributed by atoms with van der Waals surface area (Å²) in [6, 6.07) is 49.0. The number of esters is 1. The second kappa shape index (κ2) is 14.6. The van der Waals surface area contributed by atoms with Crippen molar-refractivity contribution in [2.24, 2.45) is 0 Å². The highest BCUT2D eigenvalue weighted by atomic mass is 16.5. The maximum atomic E-state index is 12.5. The van der Waals surface area contributed by atoms with Gasteiger partial charge in [0.15, 0.2) is 5.54 Å². The molecule has 0 aliphatic heterocycles. The topological polar surface area (TPSA) is 92.0 Å². The number of methoxy groups -OCH3 is 1. The molecule has 0 bridgehead atoms. The van der Waals surface area contributed by atoms with Crippen LogP contribution < -0.4 is 4.74 Å². The van der Waals surface area contributed by atoms with Gasteiger partial charge in [-0.1, -0.05) is 146 Å². The lowest BCUT2D eigenvalue weighted by atomic mass is 9.77. The molecule has 8 nitrogen and oxygen atoms in total. The van der Waals surface area contributed by atoms with E-state index < -0.39 is 11.5 Å². The number of aromatic nitrogens is 5. The van der Waals surface area contributed by atoms with Crippen molar-refractivity contribution < 1.29 is 14.3 Å². The Morgan fingerprint density at radius 1 is 0.725 bits per heavy atom. The summed E-state index contributed by atoms with van der Waals surface area (Å²) in [7, 11) is 1.36. The molecule has 0 amide bonds. The predicted octanol–water partition coefficient (Wildman–Crippen LogP) is 8.48. The second-order valence-corrected chi connectivity index (χ2v) is 12.2. The molecule has 0 fully saturated rings. The minimum atomic E-state index is -0.870. The zero-order valence-corrected chi connectivity index (χ0v) is 28.7. The fourth-order valence-corrected chi connectivity index (χ4v) is 6.57. The summed E-state index contributed by atoms with van der Waals surface area (Å²) in [6.45, 7) is 4.08. The lowest BCUT2D eigenvalue weighted by Crippen LogP contribution is -2.39. The monoisotopic (exact) mass is 671 g/mol. The first-order chi connectivity index (χ1) is 25.0. The van der Waals surface area contributed by atoms with Crippen molar-refractivity contribution in [1.82, 2.24) is 25.2 Å². The van der Waals surface area contributed by atoms with Crippen LogP contribution in [0.4, 0.5) is 0 Å². The molecule has 7 rings (SSSR count). The summed E-state index contributed by atoms with van der Waals surface area (Å²) in [5, 5.41) is 14.6. The van der Waals surface area contributed by atoms with Gasteiger partial charge in [0.25, 0.3) is 0 Å². The Morgan fingerprint density at radius 2 is 1.27 bits per heavy atom. The largest absolute Gasteiger partial charge is 0.488 e. The van der Waals surface area contributed by atoms with Crippen LogP contribution in [0.2, 0.25) is 0 Å². The minimum absolute atomic E-state index is 0.273. The Morgan fingerprint density at radius 3 is 1.82 bits per heavy atom. The Balaban J connectivity index is 1.23. The van der Waals surface area contributed by atoms with Gasteiger partial charge in [0, 0.05) is 17.3 Å². The summed E-state index contributed by atoms with van der Waals surface area (Å²) < 4.78 is 11.2. The van der Waals surface area contributed by atoms with Crippen LogP contribution in [0, 0.1) is 6.92 Å². The normalized spacial score (nSPS) is 11.3. The van der Waals surface area contributed by atoms with E-state index >= 15 is 0 Å². The van der Waals surface area contributed by atoms with E-state index in [9.17, 15) is 4.79 Å². The number of carbonyl (C=O) groups is 1. The first-order valence-corrected chi connectivity index (χ1v) is 16.9. The summed E-state index contributed by atoms with van der Waals surface area (Å²) >= 11 is 0. The van der Waals surface area contributed by atoms with E-state index in [1.54, 1.807) is 11.7 Å². The van der Waals surface area contributed by atoms with Crippen LogP contribution in [-0.4, -0.2) is 38.3 Å². The van der Waals surface area contributed by atoms with Crippen LogP contribution >= 0.6 is 0 Å². The van der Waals surface area contributed by atoms with Crippen LogP contribution in [0.5, 0.6) is 5.75 Å². The maximum absolute atomic E-state index is 12.5. The maximum Gasteiger partial charge on any atom is 0.343 e. The summed E-state index contributed by atoms with van der Waals surface area (Å²) in [6.07, 6.45) is 0.723. The molecular formula is C43H37N5O3. The van der Waals surface area contributed by atoms with Gasteiger partial charge in [0.1, 0.15) is 17.9 Å². The first kappa shape index (κ1) is 33.1. The summed E-state index contributed by atoms with van der Waals surface area (Å²) in [5.41, 5.74) is 7.73. The molecule has 51 heavy (non-hydrogen) atoms. The average Bonchev–Trinajstić information content (AvgIpc) is 3.69. The molecule has 0 atom stereocenters. The SMILES string of the molecule is CCc1cc(OCc2ccc(-c3ccccc3-c3nnn(C(c4ccccc4)(c4ccccc4)c4ccccc4)n3)cc2)c(C(=O)OC)c(C)n1. The molecule has 0 aliphatic carbocycles. The fraction of sp³-hybridized carbons (Fsp3) is 0.140. The Labute approximate surface area is 297 Å². The van der Waals surface area contributed by atoms with E-state index in [4.69, 9.17) is 19.8 Å². The standard InChI is InChI=1S/C43H37N5O3/c1-4-36-28-39(40(30(2)44-36)42(49)50-3)51-29-31-24-26-32(27-25-31)37-22-14-15-23-38(37)41-45-47-48(46-41)43(33-16-8-5-9-17-33,34-18-10-6-11-19-34)35-20-12-7-13-21-35/h5-28H,4,29H2,1-3H3. The van der Waals surface area contributed by atoms with Crippen LogP contribution in [0.25, 0.3) is 22.5 Å². The van der Waals surface area contributed by atoms with Crippen molar-refractivity contribution in [1.29, 1.82) is 0 Å². The van der Waals surface area contributed by atoms with Crippen molar-refractivity contribution >= 4 is 5.97 Å². The Hall–Kier alpha value is -6.41. The molecule has 5 aromatic carbocycles. The lowest BCUT2D eigenvalue weighted by Gasteiger charge is -2.34. The van der Waals surface area contributed by atoms with Crippen LogP contribution in [0.3, 0.4) is 0 Å². The van der Waals surface area contributed by atoms with Gasteiger partial charge in [0.2, 0.25) is 5.82 Å². The van der Waals surface area contributed by atoms with Crippen molar-refractivity contribution in [3.05, 3.63) is 185 Å². The number of hydrogen-bond donors (Lipinski definition) is 0. The van der Waals surface area contributed by atoms with Crippen LogP contribution in [-0.2, 0) is 23.3 Å². The third kappa shape index (κ3) is 6.39. The number of hydrogen-bond acceptors (Lipinski definition) is 7. The number of nitrogens with zero attached hydrogens (tertiary/aromatic N) is 5. The van der Waals surface area contributed by atoms with Gasteiger partial charge in [-0.3, -0.25) is 4.98 Å². The molecule has 2 heterocycles. The van der Waals surface area contributed by atoms with E-state index in [1.165, 1.54) is 7.11 Å². The van der Waals surface area contributed by atoms with Gasteiger partial charge in [-0.2, -0.15) is 0 Å². The molecule has 0 saturated carbocycles. The van der Waals surface area contributed by atoms with Gasteiger partial charge in [-0.25, -0.2) is 4.79 Å². The highest BCUT2D eigenvalue weighted by Crippen LogP contribution is 2.40. The quantitative estimate of drug-likeness (QED) is 0.101. The van der Waals surface area contributed by atoms with Crippen molar-refractivity contribution in [2.75, 3.05) is 7.11 Å². The Kier molecular flexibility index (Phi) is 9.48. The van der Waals surface area contributed by atoms with Crippen molar-refractivity contribution in [3.63, 3.8) is 0 Å². The molecule has 7 aromatic rings. The van der Waals surface area contributed by atoms with Crippen LogP contribution in [0.1, 0.15) is 50.9 Å². The smallest absolute Gasteiger partial charge is 0.343 e. The number of rotatable bonds is 11. The molecule has 0 unspecified atom stereocenters. The van der Waals surface area contributed by atoms with Crippen LogP contribution in [0.15, 0.2) is 146 Å². The molecule has 0 saturated heterocycles. The molecule has 0 radical (unpaired) electrons. The molecule has 8 heteroatoms. The van der Waals surface area contributed by atoms with Gasteiger partial charge in [-0.05, 0) is 51.9 Å². The second-order valence-electron chi connectivity index (χ2n) is 12.2. The number of aryl methyl sites for hydroxylation is 2. The van der Waals surface area contributed by atoms with Crippen molar-refractivity contribution in [3.8, 4) is 28.3 Å². The van der Waals surface area contributed by atoms with Gasteiger partial charge in [0.05, 0.1) is 12.8 Å². The summed E-state index contributed by atoms with van der Waals surface area (Å²) in [4.78, 5) is 18.8. The highest BCUT2D eigenvalue weighted by molar-refractivity contribution is 5.93. The molecule has 0 N–H and O–H groups in total. The number of tetrazole rings is 1. The molecule has 0 aliphatic rings. The van der Waals surface area contributed by atoms with E-state index in [1.807, 2.05) is 97.9 Å². The van der Waals surface area contributed by atoms with Gasteiger partial charge < -0.3 is 9.47 Å². The van der Waals surface area contributed by atoms with E-state index in [0.717, 1.165) is 51.1 Å². The number of carbonyl (C=O) groups excluding carboxylic acids is 1. The zero-order valence-electron chi connectivity index (χ0n) is 28.7. The third-order valence-corrected chi connectivity index (χ3v) is 9.08. The van der Waals surface area contributed by atoms with Gasteiger partial charge in [-0.15, -0.1) is 15.0 Å². The van der Waals surface area contributed by atoms with E-state index in [-0.39, 0.29) is 6.61 Å². The predicted molar refractivity (Wildman–Crippen MR) is 197 cm³/mol. The molecule has 0 spiro atoms. The zero-order chi connectivity index (χ0) is 35.2. The average molecular weight is 672 g/mol. The first-order valence-electron chi connectivity index (χ1n) is 16.9. The fourth-order valence-electron chi connectivity index (χ4n) is 6.57. The van der Waals surface area contributed by atoms with Gasteiger partial charge >= 0.3 is 5.97 Å². The minimum Gasteiger partial charge on any atom is -0.488 e. The molecule has 252 valence electrons. The highest BCUT2D eigenvalue weighted by Gasteiger charge is 2.41. The van der Waals surface area contributed by atoms with E-state index in [0.29, 0.717) is 22.8 Å². The number of ether oxygens (including phenoxy) is 2. The lowest BCUT2D eigenvalue weighted by molar-refractivity contribution is 0.0594. The third-order valence-electron chi connectivity index (χ3n) is 9.08. The van der Waals surface area contributed by atoms with Crippen molar-refractivity contribution in [2.45, 2.75) is 32.4 Å². The molecular weight excluding hydrogens is 635 g/mol. The number of benzene rings is 5. The number of pyridine rings is 1. The summed E-state index contributed by atoms with van der Waals surface area (Å²) in [5.74, 6) is 0.511.